The maximum Gasteiger partial charge on any atom is 0.274 e. The first-order chi connectivity index (χ1) is 12.0. The number of rotatable bonds is 3. The number of hydrogen-bond acceptors (Lipinski definition) is 4. The minimum atomic E-state index is -0.336. The Kier molecular flexibility index (Phi) is 5.03. The molecule has 1 aliphatic rings. The van der Waals surface area contributed by atoms with E-state index in [0.717, 1.165) is 37.2 Å². The monoisotopic (exact) mass is 359 g/mol. The molecule has 0 atom stereocenters. The van der Waals surface area contributed by atoms with Gasteiger partial charge in [-0.1, -0.05) is 0 Å². The molecule has 25 heavy (non-hydrogen) atoms. The van der Waals surface area contributed by atoms with Crippen molar-refractivity contribution in [2.24, 2.45) is 7.05 Å². The third-order valence-corrected chi connectivity index (χ3v) is 5.29. The summed E-state index contributed by atoms with van der Waals surface area (Å²) in [6.45, 7) is 3.38. The zero-order valence-electron chi connectivity index (χ0n) is 14.4. The Balaban J connectivity index is 1.86. The van der Waals surface area contributed by atoms with Crippen molar-refractivity contribution in [2.45, 2.75) is 26.2 Å². The lowest BCUT2D eigenvalue weighted by Crippen LogP contribution is -2.36. The fraction of sp³-hybridized carbons (Fsp3) is 0.389. The van der Waals surface area contributed by atoms with Crippen LogP contribution in [0.15, 0.2) is 29.2 Å². The second-order valence-corrected chi connectivity index (χ2v) is 7.56. The molecular formula is C18H21N3O3S. The molecule has 6 nitrogen and oxygen atoms in total. The molecule has 7 heteroatoms. The summed E-state index contributed by atoms with van der Waals surface area (Å²) in [4.78, 5) is 40.7. The average molecular weight is 359 g/mol. The maximum absolute atomic E-state index is 12.7. The van der Waals surface area contributed by atoms with E-state index < -0.39 is 0 Å². The number of anilines is 1. The summed E-state index contributed by atoms with van der Waals surface area (Å²) in [5.74, 6) is -0.435. The molecule has 2 aromatic heterocycles. The van der Waals surface area contributed by atoms with Gasteiger partial charge in [0.15, 0.2) is 0 Å². The molecule has 0 unspecified atom stereocenters. The third-order valence-electron chi connectivity index (χ3n) is 4.29. The van der Waals surface area contributed by atoms with E-state index in [1.54, 1.807) is 18.0 Å². The van der Waals surface area contributed by atoms with E-state index in [-0.39, 0.29) is 23.1 Å². The van der Waals surface area contributed by atoms with Crippen LogP contribution in [0.25, 0.3) is 0 Å². The van der Waals surface area contributed by atoms with E-state index in [2.05, 4.69) is 5.32 Å². The molecule has 1 aliphatic heterocycles. The lowest BCUT2D eigenvalue weighted by molar-refractivity contribution is 0.0723. The van der Waals surface area contributed by atoms with E-state index in [1.807, 2.05) is 13.0 Å². The third kappa shape index (κ3) is 3.82. The summed E-state index contributed by atoms with van der Waals surface area (Å²) in [6, 6.07) is 5.06. The number of carbonyl (C=O) groups excluding carboxylic acids is 2. The Labute approximate surface area is 150 Å². The first-order valence-corrected chi connectivity index (χ1v) is 9.15. The number of aryl methyl sites for hydroxylation is 2. The molecule has 1 fully saturated rings. The number of likely N-dealkylation sites (tertiary alicyclic amines) is 1. The number of hydrogen-bond donors (Lipinski definition) is 1. The van der Waals surface area contributed by atoms with Crippen LogP contribution in [0.4, 0.5) is 5.69 Å². The van der Waals surface area contributed by atoms with Crippen LogP contribution in [-0.2, 0) is 7.05 Å². The number of carbonyl (C=O) groups is 2. The minimum Gasteiger partial charge on any atom is -0.339 e. The van der Waals surface area contributed by atoms with Crippen molar-refractivity contribution < 1.29 is 9.59 Å². The number of nitrogens with one attached hydrogen (secondary N) is 1. The number of pyridine rings is 1. The van der Waals surface area contributed by atoms with Gasteiger partial charge in [-0.2, -0.15) is 0 Å². The average Bonchev–Trinajstić information content (AvgIpc) is 3.05. The zero-order valence-corrected chi connectivity index (χ0v) is 15.2. The van der Waals surface area contributed by atoms with Crippen LogP contribution in [0, 0.1) is 6.92 Å². The minimum absolute atomic E-state index is 0.0993. The fourth-order valence-corrected chi connectivity index (χ4v) is 3.70. The van der Waals surface area contributed by atoms with Crippen LogP contribution < -0.4 is 10.9 Å². The first-order valence-electron chi connectivity index (χ1n) is 8.33. The molecule has 0 saturated carbocycles. The van der Waals surface area contributed by atoms with Crippen molar-refractivity contribution in [2.75, 3.05) is 18.4 Å². The van der Waals surface area contributed by atoms with Gasteiger partial charge in [0, 0.05) is 31.2 Å². The van der Waals surface area contributed by atoms with Crippen molar-refractivity contribution in [3.63, 3.8) is 0 Å². The number of amides is 2. The van der Waals surface area contributed by atoms with Gasteiger partial charge in [-0.25, -0.2) is 0 Å². The highest BCUT2D eigenvalue weighted by molar-refractivity contribution is 7.14. The molecule has 3 rings (SSSR count). The van der Waals surface area contributed by atoms with Gasteiger partial charge in [0.1, 0.15) is 5.69 Å². The smallest absolute Gasteiger partial charge is 0.274 e. The molecule has 1 saturated heterocycles. The Morgan fingerprint density at radius 1 is 1.16 bits per heavy atom. The van der Waals surface area contributed by atoms with Crippen LogP contribution >= 0.6 is 11.3 Å². The summed E-state index contributed by atoms with van der Waals surface area (Å²) in [6.07, 6.45) is 4.67. The Bertz CT molecular complexity index is 863. The quantitative estimate of drug-likeness (QED) is 0.916. The largest absolute Gasteiger partial charge is 0.339 e. The maximum atomic E-state index is 12.7. The molecule has 0 aromatic carbocycles. The molecule has 132 valence electrons. The molecule has 0 aliphatic carbocycles. The van der Waals surface area contributed by atoms with Gasteiger partial charge < -0.3 is 14.8 Å². The number of nitrogens with zero attached hydrogens (tertiary/aromatic N) is 2. The predicted octanol–water partition coefficient (Wildman–Crippen LogP) is 2.63. The molecule has 2 aromatic rings. The van der Waals surface area contributed by atoms with Crippen molar-refractivity contribution in [3.8, 4) is 0 Å². The lowest BCUT2D eigenvalue weighted by atomic mass is 10.1. The van der Waals surface area contributed by atoms with Gasteiger partial charge in [0.2, 0.25) is 0 Å². The highest BCUT2D eigenvalue weighted by Crippen LogP contribution is 2.18. The van der Waals surface area contributed by atoms with Crippen LogP contribution in [0.1, 0.15) is 44.2 Å². The van der Waals surface area contributed by atoms with Crippen molar-refractivity contribution >= 4 is 28.8 Å². The van der Waals surface area contributed by atoms with Gasteiger partial charge in [0.25, 0.3) is 17.4 Å². The topological polar surface area (TPSA) is 71.4 Å². The predicted molar refractivity (Wildman–Crippen MR) is 98.4 cm³/mol. The van der Waals surface area contributed by atoms with Crippen molar-refractivity contribution in [1.29, 1.82) is 0 Å². The molecule has 0 bridgehead atoms. The fourth-order valence-electron chi connectivity index (χ4n) is 2.94. The second-order valence-electron chi connectivity index (χ2n) is 6.28. The molecule has 0 radical (unpaired) electrons. The zero-order chi connectivity index (χ0) is 18.0. The standard InChI is InChI=1S/C18H21N3O3S/c1-12-6-7-15(25-12)16(22)19-14-10-13(11-20(2)18(14)24)17(23)21-8-4-3-5-9-21/h6-7,10-11H,3-5,8-9H2,1-2H3,(H,19,22). The van der Waals surface area contributed by atoms with Gasteiger partial charge in [-0.05, 0) is 44.4 Å². The molecule has 2 amide bonds. The number of aromatic nitrogens is 1. The van der Waals surface area contributed by atoms with E-state index in [4.69, 9.17) is 0 Å². The second kappa shape index (κ2) is 7.23. The van der Waals surface area contributed by atoms with Crippen molar-refractivity contribution in [3.05, 3.63) is 50.1 Å². The van der Waals surface area contributed by atoms with Gasteiger partial charge in [0.05, 0.1) is 10.4 Å². The summed E-state index contributed by atoms with van der Waals surface area (Å²) in [5, 5.41) is 2.65. The molecule has 0 spiro atoms. The van der Waals surface area contributed by atoms with E-state index >= 15 is 0 Å². The van der Waals surface area contributed by atoms with Gasteiger partial charge >= 0.3 is 0 Å². The Hall–Kier alpha value is -2.41. The highest BCUT2D eigenvalue weighted by Gasteiger charge is 2.20. The number of thiophene rings is 1. The van der Waals surface area contributed by atoms with Crippen LogP contribution in [0.2, 0.25) is 0 Å². The molecular weight excluding hydrogens is 338 g/mol. The summed E-state index contributed by atoms with van der Waals surface area (Å²) >= 11 is 1.36. The van der Waals surface area contributed by atoms with Crippen LogP contribution in [0.5, 0.6) is 0 Å². The van der Waals surface area contributed by atoms with Gasteiger partial charge in [-0.15, -0.1) is 11.3 Å². The normalized spacial score (nSPS) is 14.4. The lowest BCUT2D eigenvalue weighted by Gasteiger charge is -2.27. The van der Waals surface area contributed by atoms with E-state index in [1.165, 1.54) is 28.2 Å². The molecule has 1 N–H and O–H groups in total. The van der Waals surface area contributed by atoms with Crippen molar-refractivity contribution in [1.82, 2.24) is 9.47 Å². The summed E-state index contributed by atoms with van der Waals surface area (Å²) < 4.78 is 1.34. The van der Waals surface area contributed by atoms with Crippen LogP contribution in [-0.4, -0.2) is 34.4 Å². The number of piperidine rings is 1. The summed E-state index contributed by atoms with van der Waals surface area (Å²) in [7, 11) is 1.58. The Morgan fingerprint density at radius 3 is 2.52 bits per heavy atom. The summed E-state index contributed by atoms with van der Waals surface area (Å²) in [5.41, 5.74) is 0.208. The molecule has 3 heterocycles. The van der Waals surface area contributed by atoms with E-state index in [0.29, 0.717) is 10.4 Å². The Morgan fingerprint density at radius 2 is 1.88 bits per heavy atom. The SMILES string of the molecule is Cc1ccc(C(=O)Nc2cc(C(=O)N3CCCCC3)cn(C)c2=O)s1. The van der Waals surface area contributed by atoms with Crippen LogP contribution in [0.3, 0.4) is 0 Å². The van der Waals surface area contributed by atoms with Gasteiger partial charge in [-0.3, -0.25) is 14.4 Å². The van der Waals surface area contributed by atoms with E-state index in [9.17, 15) is 14.4 Å². The first kappa shape index (κ1) is 17.4. The highest BCUT2D eigenvalue weighted by atomic mass is 32.1.